The van der Waals surface area contributed by atoms with Crippen LogP contribution in [0.25, 0.3) is 0 Å². The van der Waals surface area contributed by atoms with E-state index >= 15 is 0 Å². The van der Waals surface area contributed by atoms with Crippen LogP contribution in [0.5, 0.6) is 0 Å². The van der Waals surface area contributed by atoms with E-state index in [2.05, 4.69) is 11.4 Å². The number of amides is 1. The maximum atomic E-state index is 11.0. The summed E-state index contributed by atoms with van der Waals surface area (Å²) < 4.78 is 0. The van der Waals surface area contributed by atoms with Gasteiger partial charge in [0.15, 0.2) is 0 Å². The molecule has 1 unspecified atom stereocenters. The Labute approximate surface area is 127 Å². The predicted octanol–water partition coefficient (Wildman–Crippen LogP) is 2.20. The third kappa shape index (κ3) is 3.40. The molecule has 1 saturated heterocycles. The van der Waals surface area contributed by atoms with Crippen molar-refractivity contribution in [3.63, 3.8) is 0 Å². The lowest BCUT2D eigenvalue weighted by molar-refractivity contribution is -0.123. The molecular weight excluding hydrogens is 262 g/mol. The van der Waals surface area contributed by atoms with E-state index in [-0.39, 0.29) is 11.9 Å². The van der Waals surface area contributed by atoms with Crippen LogP contribution in [0.15, 0.2) is 0 Å². The maximum Gasteiger partial charge on any atom is 0.217 e. The van der Waals surface area contributed by atoms with Crippen molar-refractivity contribution in [2.45, 2.75) is 57.4 Å². The van der Waals surface area contributed by atoms with Gasteiger partial charge in [0.25, 0.3) is 0 Å². The van der Waals surface area contributed by atoms with Crippen LogP contribution in [0.1, 0.15) is 51.4 Å². The van der Waals surface area contributed by atoms with Gasteiger partial charge in [-0.3, -0.25) is 4.79 Å². The van der Waals surface area contributed by atoms with Gasteiger partial charge in [-0.2, -0.15) is 5.26 Å². The standard InChI is InChI=1S/C12H19NO.C5H8N2/c13-12(14)6-11-9-2-7-1-8(4-9)5-10(11)3-7;6-4-5-2-1-3-7-5/h7-11H,1-6H2,(H2,13,14);5,7H,1-3H2. The van der Waals surface area contributed by atoms with E-state index in [9.17, 15) is 4.79 Å². The summed E-state index contributed by atoms with van der Waals surface area (Å²) in [4.78, 5) is 11.0. The minimum absolute atomic E-state index is 0.0810. The zero-order valence-corrected chi connectivity index (χ0v) is 12.8. The first kappa shape index (κ1) is 14.8. The van der Waals surface area contributed by atoms with E-state index in [0.717, 1.165) is 43.1 Å². The SMILES string of the molecule is N#CC1CCCN1.NC(=O)CC1C2CC3CC(C2)CC1C3. The van der Waals surface area contributed by atoms with Crippen molar-refractivity contribution in [2.75, 3.05) is 6.54 Å². The Morgan fingerprint density at radius 3 is 2.14 bits per heavy atom. The second-order valence-corrected chi connectivity index (χ2v) is 7.54. The Hall–Kier alpha value is -1.08. The fourth-order valence-electron chi connectivity index (χ4n) is 5.40. The van der Waals surface area contributed by atoms with E-state index < -0.39 is 0 Å². The molecule has 0 spiro atoms. The fraction of sp³-hybridized carbons (Fsp3) is 0.882. The molecular formula is C17H27N3O. The molecule has 0 aromatic carbocycles. The Morgan fingerprint density at radius 2 is 1.76 bits per heavy atom. The lowest BCUT2D eigenvalue weighted by Gasteiger charge is -2.54. The van der Waals surface area contributed by atoms with E-state index in [0.29, 0.717) is 12.3 Å². The van der Waals surface area contributed by atoms with Gasteiger partial charge >= 0.3 is 0 Å². The number of rotatable bonds is 2. The van der Waals surface area contributed by atoms with Crippen LogP contribution < -0.4 is 11.1 Å². The molecule has 4 heteroatoms. The highest BCUT2D eigenvalue weighted by Crippen LogP contribution is 2.57. The van der Waals surface area contributed by atoms with Crippen molar-refractivity contribution in [3.05, 3.63) is 0 Å². The smallest absolute Gasteiger partial charge is 0.217 e. The summed E-state index contributed by atoms with van der Waals surface area (Å²) in [6.07, 6.45) is 9.92. The molecule has 5 aliphatic rings. The first-order valence-corrected chi connectivity index (χ1v) is 8.57. The van der Waals surface area contributed by atoms with Crippen LogP contribution >= 0.6 is 0 Å². The van der Waals surface area contributed by atoms with Crippen molar-refractivity contribution in [1.29, 1.82) is 5.26 Å². The summed E-state index contributed by atoms with van der Waals surface area (Å²) in [7, 11) is 0. The van der Waals surface area contributed by atoms with Crippen molar-refractivity contribution < 1.29 is 4.79 Å². The second kappa shape index (κ2) is 6.36. The highest BCUT2D eigenvalue weighted by molar-refractivity contribution is 5.74. The number of hydrogen-bond acceptors (Lipinski definition) is 3. The molecule has 5 fully saturated rings. The van der Waals surface area contributed by atoms with Gasteiger partial charge < -0.3 is 11.1 Å². The summed E-state index contributed by atoms with van der Waals surface area (Å²) >= 11 is 0. The van der Waals surface area contributed by atoms with Gasteiger partial charge in [0.2, 0.25) is 5.91 Å². The number of nitriles is 1. The highest BCUT2D eigenvalue weighted by Gasteiger charge is 2.48. The topological polar surface area (TPSA) is 78.9 Å². The zero-order valence-electron chi connectivity index (χ0n) is 12.8. The number of nitrogens with one attached hydrogen (secondary N) is 1. The van der Waals surface area contributed by atoms with Gasteiger partial charge in [0, 0.05) is 6.42 Å². The number of carbonyl (C=O) groups excluding carboxylic acids is 1. The highest BCUT2D eigenvalue weighted by atomic mass is 16.1. The van der Waals surface area contributed by atoms with E-state index in [4.69, 9.17) is 11.0 Å². The first-order valence-electron chi connectivity index (χ1n) is 8.57. The van der Waals surface area contributed by atoms with Gasteiger partial charge in [-0.15, -0.1) is 0 Å². The molecule has 4 aliphatic carbocycles. The molecule has 4 saturated carbocycles. The zero-order chi connectivity index (χ0) is 14.8. The molecule has 0 aromatic rings. The van der Waals surface area contributed by atoms with E-state index in [1.165, 1.54) is 32.1 Å². The van der Waals surface area contributed by atoms with Gasteiger partial charge in [0.1, 0.15) is 0 Å². The number of carbonyl (C=O) groups is 1. The lowest BCUT2D eigenvalue weighted by Crippen LogP contribution is -2.46. The molecule has 3 N–H and O–H groups in total. The number of nitrogens with two attached hydrogens (primary N) is 1. The van der Waals surface area contributed by atoms with Crippen molar-refractivity contribution in [2.24, 2.45) is 35.3 Å². The molecule has 0 aromatic heterocycles. The lowest BCUT2D eigenvalue weighted by atomic mass is 9.51. The van der Waals surface area contributed by atoms with Crippen LogP contribution in [0.3, 0.4) is 0 Å². The van der Waals surface area contributed by atoms with Crippen LogP contribution in [0, 0.1) is 40.9 Å². The Kier molecular flexibility index (Phi) is 4.49. The molecule has 1 atom stereocenters. The molecule has 5 rings (SSSR count). The van der Waals surface area contributed by atoms with Crippen molar-refractivity contribution in [1.82, 2.24) is 5.32 Å². The van der Waals surface area contributed by atoms with Crippen LogP contribution in [0.2, 0.25) is 0 Å². The summed E-state index contributed by atoms with van der Waals surface area (Å²) in [6.45, 7) is 1.03. The average molecular weight is 289 g/mol. The molecule has 1 amide bonds. The van der Waals surface area contributed by atoms with Gasteiger partial charge in [-0.05, 0) is 81.1 Å². The number of primary amides is 1. The van der Waals surface area contributed by atoms with Gasteiger partial charge in [-0.25, -0.2) is 0 Å². The largest absolute Gasteiger partial charge is 0.370 e. The summed E-state index contributed by atoms with van der Waals surface area (Å²) in [5, 5.41) is 11.3. The normalized spacial score (nSPS) is 43.0. The molecule has 4 nitrogen and oxygen atoms in total. The van der Waals surface area contributed by atoms with E-state index in [1.54, 1.807) is 0 Å². The summed E-state index contributed by atoms with van der Waals surface area (Å²) in [5.74, 6) is 4.27. The quantitative estimate of drug-likeness (QED) is 0.818. The van der Waals surface area contributed by atoms with Crippen LogP contribution in [-0.2, 0) is 4.79 Å². The van der Waals surface area contributed by atoms with Gasteiger partial charge in [-0.1, -0.05) is 0 Å². The van der Waals surface area contributed by atoms with Crippen LogP contribution in [0.4, 0.5) is 0 Å². The Bertz CT molecular complexity index is 394. The van der Waals surface area contributed by atoms with Crippen molar-refractivity contribution in [3.8, 4) is 6.07 Å². The summed E-state index contributed by atoms with van der Waals surface area (Å²) in [6, 6.07) is 2.31. The minimum Gasteiger partial charge on any atom is -0.370 e. The van der Waals surface area contributed by atoms with E-state index in [1.807, 2.05) is 0 Å². The third-order valence-electron chi connectivity index (χ3n) is 6.08. The number of nitrogens with zero attached hydrogens (tertiary/aromatic N) is 1. The minimum atomic E-state index is -0.0810. The second-order valence-electron chi connectivity index (χ2n) is 7.54. The average Bonchev–Trinajstić information content (AvgIpc) is 2.96. The number of hydrogen-bond donors (Lipinski definition) is 2. The molecule has 0 radical (unpaired) electrons. The molecule has 1 heterocycles. The third-order valence-corrected chi connectivity index (χ3v) is 6.08. The van der Waals surface area contributed by atoms with Crippen molar-refractivity contribution >= 4 is 5.91 Å². The molecule has 116 valence electrons. The van der Waals surface area contributed by atoms with Crippen LogP contribution in [-0.4, -0.2) is 18.5 Å². The molecule has 1 aliphatic heterocycles. The van der Waals surface area contributed by atoms with Gasteiger partial charge in [0.05, 0.1) is 12.1 Å². The predicted molar refractivity (Wildman–Crippen MR) is 81.0 cm³/mol. The Morgan fingerprint density at radius 1 is 1.14 bits per heavy atom. The molecule has 21 heavy (non-hydrogen) atoms. The monoisotopic (exact) mass is 289 g/mol. The Balaban J connectivity index is 0.000000160. The molecule has 4 bridgehead atoms. The first-order chi connectivity index (χ1) is 10.2. The fourth-order valence-corrected chi connectivity index (χ4v) is 5.40. The maximum absolute atomic E-state index is 11.0. The summed E-state index contributed by atoms with van der Waals surface area (Å²) in [5.41, 5.74) is 5.33.